The number of hydrogen-bond donors (Lipinski definition) is 2. The lowest BCUT2D eigenvalue weighted by Crippen LogP contribution is -3.17. The van der Waals surface area contributed by atoms with Gasteiger partial charge in [0.25, 0.3) is 0 Å². The standard InChI is InChI=1S/C2H10BCl2N2.ClH/c1-6-3(4,5)7-2;/h6-7H2,1-2H3;1H/q+1;/p-1. The molecule has 0 bridgehead atoms. The van der Waals surface area contributed by atoms with Crippen LogP contribution in [0.2, 0.25) is 0 Å². The summed E-state index contributed by atoms with van der Waals surface area (Å²) in [5, 5.41) is 2.28. The van der Waals surface area contributed by atoms with Crippen LogP contribution in [0, 0.1) is 0 Å². The zero-order valence-corrected chi connectivity index (χ0v) is 7.13. The molecule has 8 heavy (non-hydrogen) atoms. The SMILES string of the molecule is C[NH2+][B-](Cl)(Cl)[NH2+]C.[Cl-]. The van der Waals surface area contributed by atoms with Crippen molar-refractivity contribution in [3.63, 3.8) is 0 Å². The molecule has 0 atom stereocenters. The van der Waals surface area contributed by atoms with Gasteiger partial charge in [-0.15, -0.1) is 0 Å². The molecule has 52 valence electrons. The van der Waals surface area contributed by atoms with Crippen LogP contribution in [0.3, 0.4) is 0 Å². The highest BCUT2D eigenvalue weighted by Crippen LogP contribution is 1.89. The van der Waals surface area contributed by atoms with Crippen LogP contribution in [0.15, 0.2) is 0 Å². The summed E-state index contributed by atoms with van der Waals surface area (Å²) in [6, 6.07) is 0. The Labute approximate surface area is 65.5 Å². The summed E-state index contributed by atoms with van der Waals surface area (Å²) in [5.74, 6) is 0. The Bertz CT molecular complexity index is 53.2. The van der Waals surface area contributed by atoms with Gasteiger partial charge in [-0.2, -0.15) is 0 Å². The van der Waals surface area contributed by atoms with E-state index < -0.39 is 5.25 Å². The van der Waals surface area contributed by atoms with Gasteiger partial charge in [0.15, 0.2) is 0 Å². The molecule has 0 fully saturated rings. The maximum atomic E-state index is 5.62. The Balaban J connectivity index is 0. The second-order valence-corrected chi connectivity index (χ2v) is 3.11. The third-order valence-corrected chi connectivity index (χ3v) is 1.90. The lowest BCUT2D eigenvalue weighted by atomic mass is 10.1. The molecule has 6 heteroatoms. The third kappa shape index (κ3) is 5.00. The molecule has 0 aliphatic carbocycles. The topological polar surface area (TPSA) is 33.2 Å². The molecule has 0 saturated heterocycles. The largest absolute Gasteiger partial charge is 1.00 e. The summed E-state index contributed by atoms with van der Waals surface area (Å²) in [5.41, 5.74) is 0. The smallest absolute Gasteiger partial charge is 0.576 e. The van der Waals surface area contributed by atoms with E-state index in [-0.39, 0.29) is 12.4 Å². The summed E-state index contributed by atoms with van der Waals surface area (Å²) < 4.78 is 0. The highest BCUT2D eigenvalue weighted by molar-refractivity contribution is 7.36. The van der Waals surface area contributed by atoms with E-state index in [1.165, 1.54) is 0 Å². The van der Waals surface area contributed by atoms with E-state index in [1.54, 1.807) is 10.5 Å². The molecule has 0 spiro atoms. The summed E-state index contributed by atoms with van der Waals surface area (Å²) in [7, 11) is 3.69. The van der Waals surface area contributed by atoms with Crippen LogP contribution in [0.4, 0.5) is 0 Å². The van der Waals surface area contributed by atoms with Crippen molar-refractivity contribution in [3.8, 4) is 0 Å². The van der Waals surface area contributed by atoms with Crippen molar-refractivity contribution in [1.82, 2.24) is 0 Å². The van der Waals surface area contributed by atoms with Gasteiger partial charge in [0.2, 0.25) is 0 Å². The van der Waals surface area contributed by atoms with Crippen molar-refractivity contribution >= 4 is 28.2 Å². The fourth-order valence-electron chi connectivity index (χ4n) is 0.192. The minimum absolute atomic E-state index is 0. The van der Waals surface area contributed by atoms with Crippen molar-refractivity contribution in [2.45, 2.75) is 0 Å². The van der Waals surface area contributed by atoms with Gasteiger partial charge in [-0.05, 0) is 0 Å². The Hall–Kier alpha value is 0.855. The van der Waals surface area contributed by atoms with E-state index in [0.717, 1.165) is 0 Å². The summed E-state index contributed by atoms with van der Waals surface area (Å²) in [4.78, 5) is 0. The van der Waals surface area contributed by atoms with Crippen molar-refractivity contribution in [3.05, 3.63) is 0 Å². The number of hydrogen-bond acceptors (Lipinski definition) is 0. The number of quaternary nitrogens is 2. The number of nitrogens with two attached hydrogens (primary N) is 2. The molecule has 0 saturated carbocycles. The highest BCUT2D eigenvalue weighted by atomic mass is 35.5. The van der Waals surface area contributed by atoms with E-state index in [0.29, 0.717) is 0 Å². The summed E-state index contributed by atoms with van der Waals surface area (Å²) in [6.07, 6.45) is 0. The minimum Gasteiger partial charge on any atom is -1.00 e. The molecule has 0 rings (SSSR count). The number of rotatable bonds is 2. The average molecular weight is 179 g/mol. The number of halogens is 3. The molecular formula is C2H10BCl3N2. The highest BCUT2D eigenvalue weighted by Gasteiger charge is 2.27. The van der Waals surface area contributed by atoms with Gasteiger partial charge in [-0.3, -0.25) is 0 Å². The average Bonchev–Trinajstić information content (AvgIpc) is 1.68. The Morgan fingerprint density at radius 2 is 1.38 bits per heavy atom. The molecule has 0 heterocycles. The molecular weight excluding hydrogens is 169 g/mol. The van der Waals surface area contributed by atoms with Crippen LogP contribution in [-0.2, 0) is 0 Å². The quantitative estimate of drug-likeness (QED) is 0.399. The first kappa shape index (κ1) is 11.6. The van der Waals surface area contributed by atoms with E-state index in [2.05, 4.69) is 0 Å². The van der Waals surface area contributed by atoms with E-state index in [9.17, 15) is 0 Å². The fraction of sp³-hybridized carbons (Fsp3) is 1.00. The fourth-order valence-corrected chi connectivity index (χ4v) is 0.192. The first-order chi connectivity index (χ1) is 3.12. The Morgan fingerprint density at radius 3 is 1.38 bits per heavy atom. The zero-order valence-electron chi connectivity index (χ0n) is 4.87. The second kappa shape index (κ2) is 4.71. The molecule has 4 N–H and O–H groups in total. The minimum atomic E-state index is -1.28. The molecule has 0 aliphatic heterocycles. The molecule has 0 aromatic carbocycles. The second-order valence-electron chi connectivity index (χ2n) is 1.45. The molecule has 2 nitrogen and oxygen atoms in total. The molecule has 0 aliphatic rings. The van der Waals surface area contributed by atoms with E-state index in [4.69, 9.17) is 22.9 Å². The van der Waals surface area contributed by atoms with Crippen LogP contribution >= 0.6 is 22.9 Å². The van der Waals surface area contributed by atoms with Gasteiger partial charge >= 0.3 is 5.25 Å². The maximum absolute atomic E-state index is 5.62. The van der Waals surface area contributed by atoms with Crippen LogP contribution in [0.5, 0.6) is 0 Å². The van der Waals surface area contributed by atoms with Crippen LogP contribution in [0.1, 0.15) is 0 Å². The molecule has 0 aromatic rings. The van der Waals surface area contributed by atoms with Crippen molar-refractivity contribution in [1.29, 1.82) is 0 Å². The van der Waals surface area contributed by atoms with Crippen molar-refractivity contribution in [2.75, 3.05) is 14.1 Å². The first-order valence-corrected chi connectivity index (χ1v) is 3.13. The maximum Gasteiger partial charge on any atom is 0.576 e. The lowest BCUT2D eigenvalue weighted by Gasteiger charge is -2.12. The van der Waals surface area contributed by atoms with Crippen LogP contribution in [0.25, 0.3) is 0 Å². The predicted octanol–water partition coefficient (Wildman–Crippen LogP) is -4.71. The third-order valence-electron chi connectivity index (χ3n) is 0.889. The van der Waals surface area contributed by atoms with E-state index in [1.807, 2.05) is 14.1 Å². The Morgan fingerprint density at radius 1 is 1.12 bits per heavy atom. The molecule has 0 amide bonds. The predicted molar refractivity (Wildman–Crippen MR) is 33.2 cm³/mol. The molecule has 0 unspecified atom stereocenters. The Kier molecular flexibility index (Phi) is 6.84. The lowest BCUT2D eigenvalue weighted by molar-refractivity contribution is -0.625. The summed E-state index contributed by atoms with van der Waals surface area (Å²) >= 11 is 11.2. The molecule has 0 radical (unpaired) electrons. The van der Waals surface area contributed by atoms with Crippen LogP contribution < -0.4 is 22.9 Å². The van der Waals surface area contributed by atoms with Gasteiger partial charge in [0.05, 0.1) is 0 Å². The van der Waals surface area contributed by atoms with E-state index >= 15 is 0 Å². The van der Waals surface area contributed by atoms with Gasteiger partial charge < -0.3 is 22.9 Å². The van der Waals surface area contributed by atoms with Gasteiger partial charge in [-0.1, -0.05) is 0 Å². The first-order valence-electron chi connectivity index (χ1n) is 2.26. The normalized spacial score (nSPS) is 10.5. The zero-order chi connectivity index (χ0) is 5.91. The molecule has 0 aromatic heterocycles. The van der Waals surface area contributed by atoms with Gasteiger partial charge in [0.1, 0.15) is 0 Å². The van der Waals surface area contributed by atoms with Gasteiger partial charge in [-0.25, -0.2) is 22.9 Å². The monoisotopic (exact) mass is 178 g/mol. The van der Waals surface area contributed by atoms with Crippen molar-refractivity contribution < 1.29 is 22.9 Å². The summed E-state index contributed by atoms with van der Waals surface area (Å²) in [6.45, 7) is 0. The van der Waals surface area contributed by atoms with Crippen LogP contribution in [-0.4, -0.2) is 19.3 Å². The van der Waals surface area contributed by atoms with Crippen molar-refractivity contribution in [2.24, 2.45) is 0 Å². The van der Waals surface area contributed by atoms with Gasteiger partial charge in [0, 0.05) is 14.1 Å².